The molecule has 0 bridgehead atoms. The molecule has 2 aromatic rings. The third-order valence-electron chi connectivity index (χ3n) is 3.97. The largest absolute Gasteiger partial charge is 0.336 e. The zero-order chi connectivity index (χ0) is 17.1. The molecule has 0 aliphatic carbocycles. The fourth-order valence-corrected chi connectivity index (χ4v) is 3.83. The molecule has 0 N–H and O–H groups in total. The summed E-state index contributed by atoms with van der Waals surface area (Å²) in [6.07, 6.45) is 0. The van der Waals surface area contributed by atoms with E-state index in [9.17, 15) is 14.9 Å². The summed E-state index contributed by atoms with van der Waals surface area (Å²) in [6, 6.07) is 9.80. The van der Waals surface area contributed by atoms with E-state index in [0.29, 0.717) is 18.7 Å². The summed E-state index contributed by atoms with van der Waals surface area (Å²) in [5.74, 6) is -0.155. The average molecular weight is 366 g/mol. The minimum atomic E-state index is -0.485. The lowest BCUT2D eigenvalue weighted by molar-refractivity contribution is -0.384. The molecule has 126 valence electrons. The molecule has 2 heterocycles. The highest BCUT2D eigenvalue weighted by Crippen LogP contribution is 2.23. The van der Waals surface area contributed by atoms with E-state index in [1.165, 1.54) is 17.0 Å². The third-order valence-corrected chi connectivity index (χ3v) is 5.19. The van der Waals surface area contributed by atoms with E-state index >= 15 is 0 Å². The minimum absolute atomic E-state index is 0.0611. The normalized spacial score (nSPS) is 15.5. The first kappa shape index (κ1) is 16.9. The van der Waals surface area contributed by atoms with Crippen LogP contribution in [0.5, 0.6) is 0 Å². The van der Waals surface area contributed by atoms with E-state index in [0.717, 1.165) is 24.0 Å². The summed E-state index contributed by atoms with van der Waals surface area (Å²) in [5, 5.41) is 10.8. The highest BCUT2D eigenvalue weighted by Gasteiger charge is 2.23. The lowest BCUT2D eigenvalue weighted by atomic mass is 10.1. The number of nitrogens with zero attached hydrogens (tertiary/aromatic N) is 3. The summed E-state index contributed by atoms with van der Waals surface area (Å²) in [4.78, 5) is 28.1. The summed E-state index contributed by atoms with van der Waals surface area (Å²) < 4.78 is 0.782. The predicted octanol–water partition coefficient (Wildman–Crippen LogP) is 3.27. The van der Waals surface area contributed by atoms with Gasteiger partial charge in [0, 0.05) is 55.3 Å². The first-order valence-corrected chi connectivity index (χ1v) is 8.72. The molecule has 1 saturated heterocycles. The summed E-state index contributed by atoms with van der Waals surface area (Å²) in [6.45, 7) is 3.60. The highest BCUT2D eigenvalue weighted by molar-refractivity contribution is 7.16. The Balaban J connectivity index is 1.59. The lowest BCUT2D eigenvalue weighted by Gasteiger charge is -2.34. The average Bonchev–Trinajstić information content (AvgIpc) is 3.00. The van der Waals surface area contributed by atoms with Gasteiger partial charge in [0.1, 0.15) is 0 Å². The van der Waals surface area contributed by atoms with Gasteiger partial charge in [-0.25, -0.2) is 0 Å². The number of thiophene rings is 1. The van der Waals surface area contributed by atoms with Crippen molar-refractivity contribution in [1.82, 2.24) is 9.80 Å². The number of hydrogen-bond acceptors (Lipinski definition) is 5. The van der Waals surface area contributed by atoms with Gasteiger partial charge >= 0.3 is 0 Å². The first-order chi connectivity index (χ1) is 11.5. The van der Waals surface area contributed by atoms with Gasteiger partial charge in [-0.15, -0.1) is 11.3 Å². The van der Waals surface area contributed by atoms with E-state index in [-0.39, 0.29) is 11.6 Å². The Morgan fingerprint density at radius 1 is 1.21 bits per heavy atom. The number of benzene rings is 1. The molecule has 0 radical (unpaired) electrons. The maximum absolute atomic E-state index is 12.5. The van der Waals surface area contributed by atoms with Gasteiger partial charge in [-0.1, -0.05) is 17.7 Å². The van der Waals surface area contributed by atoms with E-state index < -0.39 is 4.92 Å². The highest BCUT2D eigenvalue weighted by atomic mass is 35.5. The molecule has 6 nitrogen and oxygen atoms in total. The van der Waals surface area contributed by atoms with Crippen molar-refractivity contribution in [2.24, 2.45) is 0 Å². The maximum Gasteiger partial charge on any atom is 0.270 e. The van der Waals surface area contributed by atoms with Crippen LogP contribution in [0.2, 0.25) is 4.34 Å². The Labute approximate surface area is 148 Å². The molecule has 1 fully saturated rings. The number of carbonyl (C=O) groups excluding carboxylic acids is 1. The zero-order valence-electron chi connectivity index (χ0n) is 12.9. The van der Waals surface area contributed by atoms with Crippen LogP contribution >= 0.6 is 22.9 Å². The van der Waals surface area contributed by atoms with Gasteiger partial charge < -0.3 is 4.90 Å². The number of hydrogen-bond donors (Lipinski definition) is 0. The molecule has 0 saturated carbocycles. The Morgan fingerprint density at radius 2 is 1.96 bits per heavy atom. The van der Waals surface area contributed by atoms with Gasteiger partial charge in [-0.3, -0.25) is 19.8 Å². The number of nitro groups is 1. The Morgan fingerprint density at radius 3 is 2.58 bits per heavy atom. The Kier molecular flexibility index (Phi) is 5.13. The second-order valence-electron chi connectivity index (χ2n) is 5.58. The molecule has 1 aromatic carbocycles. The summed E-state index contributed by atoms with van der Waals surface area (Å²) in [5.41, 5.74) is 0.303. The Hall–Kier alpha value is -1.96. The molecule has 8 heteroatoms. The second kappa shape index (κ2) is 7.29. The van der Waals surface area contributed by atoms with Crippen LogP contribution in [0.1, 0.15) is 15.2 Å². The summed E-state index contributed by atoms with van der Waals surface area (Å²) >= 11 is 7.51. The number of rotatable bonds is 4. The topological polar surface area (TPSA) is 66.7 Å². The van der Waals surface area contributed by atoms with Gasteiger partial charge in [0.15, 0.2) is 0 Å². The zero-order valence-corrected chi connectivity index (χ0v) is 14.4. The molecule has 1 amide bonds. The van der Waals surface area contributed by atoms with Crippen LogP contribution in [0.3, 0.4) is 0 Å². The molecule has 1 aliphatic rings. The second-order valence-corrected chi connectivity index (χ2v) is 7.38. The van der Waals surface area contributed by atoms with Crippen LogP contribution in [0.15, 0.2) is 36.4 Å². The summed E-state index contributed by atoms with van der Waals surface area (Å²) in [7, 11) is 0. The van der Waals surface area contributed by atoms with Crippen molar-refractivity contribution in [3.63, 3.8) is 0 Å². The van der Waals surface area contributed by atoms with Crippen molar-refractivity contribution < 1.29 is 9.72 Å². The molecule has 0 spiro atoms. The fraction of sp³-hybridized carbons (Fsp3) is 0.312. The van der Waals surface area contributed by atoms with Crippen LogP contribution in [0.4, 0.5) is 5.69 Å². The van der Waals surface area contributed by atoms with Crippen molar-refractivity contribution in [3.05, 3.63) is 61.3 Å². The Bertz CT molecular complexity index is 757. The van der Waals surface area contributed by atoms with Gasteiger partial charge in [0.2, 0.25) is 0 Å². The van der Waals surface area contributed by atoms with Gasteiger partial charge in [-0.2, -0.15) is 0 Å². The fourth-order valence-electron chi connectivity index (χ4n) is 2.70. The molecule has 1 aliphatic heterocycles. The molecule has 0 unspecified atom stereocenters. The number of amides is 1. The number of halogens is 1. The molecular formula is C16H16ClN3O3S. The van der Waals surface area contributed by atoms with Gasteiger partial charge in [0.05, 0.1) is 9.26 Å². The monoisotopic (exact) mass is 365 g/mol. The quantitative estimate of drug-likeness (QED) is 0.616. The maximum atomic E-state index is 12.5. The van der Waals surface area contributed by atoms with Crippen molar-refractivity contribution in [2.75, 3.05) is 26.2 Å². The molecule has 24 heavy (non-hydrogen) atoms. The van der Waals surface area contributed by atoms with Crippen LogP contribution in [0, 0.1) is 10.1 Å². The first-order valence-electron chi connectivity index (χ1n) is 7.53. The third kappa shape index (κ3) is 3.92. The SMILES string of the molecule is O=C(c1cccc([N+](=O)[O-])c1)N1CCN(Cc2ccc(Cl)s2)CC1. The van der Waals surface area contributed by atoms with Crippen LogP contribution in [0.25, 0.3) is 0 Å². The molecule has 3 rings (SSSR count). The van der Waals surface area contributed by atoms with Crippen molar-refractivity contribution >= 4 is 34.5 Å². The van der Waals surface area contributed by atoms with Crippen molar-refractivity contribution in [3.8, 4) is 0 Å². The number of non-ortho nitro benzene ring substituents is 1. The number of carbonyl (C=O) groups is 1. The number of piperazine rings is 1. The van der Waals surface area contributed by atoms with Crippen molar-refractivity contribution in [1.29, 1.82) is 0 Å². The smallest absolute Gasteiger partial charge is 0.270 e. The van der Waals surface area contributed by atoms with E-state index in [1.807, 2.05) is 12.1 Å². The lowest BCUT2D eigenvalue weighted by Crippen LogP contribution is -2.48. The van der Waals surface area contributed by atoms with Gasteiger partial charge in [0.25, 0.3) is 11.6 Å². The minimum Gasteiger partial charge on any atom is -0.336 e. The standard InChI is InChI=1S/C16H16ClN3O3S/c17-15-5-4-14(24-15)11-18-6-8-19(9-7-18)16(21)12-2-1-3-13(10-12)20(22)23/h1-5,10H,6-9,11H2. The molecular weight excluding hydrogens is 350 g/mol. The van der Waals surface area contributed by atoms with Gasteiger partial charge in [-0.05, 0) is 18.2 Å². The van der Waals surface area contributed by atoms with Crippen molar-refractivity contribution in [2.45, 2.75) is 6.54 Å². The predicted molar refractivity (Wildman–Crippen MR) is 93.6 cm³/mol. The van der Waals surface area contributed by atoms with Crippen LogP contribution in [-0.4, -0.2) is 46.8 Å². The van der Waals surface area contributed by atoms with Crippen LogP contribution in [-0.2, 0) is 6.54 Å². The number of nitro benzene ring substituents is 1. The van der Waals surface area contributed by atoms with E-state index in [4.69, 9.17) is 11.6 Å². The van der Waals surface area contributed by atoms with Crippen LogP contribution < -0.4 is 0 Å². The molecule has 1 aromatic heterocycles. The van der Waals surface area contributed by atoms with E-state index in [2.05, 4.69) is 4.90 Å². The van der Waals surface area contributed by atoms with E-state index in [1.54, 1.807) is 28.4 Å². The molecule has 0 atom stereocenters.